The minimum atomic E-state index is 0.826. The standard InChI is InChI=1S/C16H30N2/c1-5-10-17(11-6-2)12-7-8-16(4)18-13-9-15(3)14-18/h7-8,15H,4-6,9-14H2,1-3H3/b8-7+. The summed E-state index contributed by atoms with van der Waals surface area (Å²) in [6.45, 7) is 16.8. The van der Waals surface area contributed by atoms with Gasteiger partial charge in [-0.25, -0.2) is 0 Å². The molecule has 1 aliphatic rings. The predicted molar refractivity (Wildman–Crippen MR) is 80.7 cm³/mol. The Morgan fingerprint density at radius 2 is 2.00 bits per heavy atom. The lowest BCUT2D eigenvalue weighted by Crippen LogP contribution is -2.25. The van der Waals surface area contributed by atoms with Gasteiger partial charge in [-0.1, -0.05) is 33.4 Å². The Labute approximate surface area is 113 Å². The lowest BCUT2D eigenvalue weighted by Gasteiger charge is -2.20. The Bertz CT molecular complexity index is 264. The molecule has 0 spiro atoms. The van der Waals surface area contributed by atoms with E-state index >= 15 is 0 Å². The number of likely N-dealkylation sites (tertiary alicyclic amines) is 1. The fraction of sp³-hybridized carbons (Fsp3) is 0.750. The highest BCUT2D eigenvalue weighted by molar-refractivity contribution is 5.15. The molecule has 0 N–H and O–H groups in total. The molecule has 0 aromatic rings. The van der Waals surface area contributed by atoms with Crippen LogP contribution in [0.15, 0.2) is 24.4 Å². The summed E-state index contributed by atoms with van der Waals surface area (Å²) in [5, 5.41) is 0. The highest BCUT2D eigenvalue weighted by Gasteiger charge is 2.18. The zero-order chi connectivity index (χ0) is 13.4. The number of nitrogens with zero attached hydrogens (tertiary/aromatic N) is 2. The molecule has 0 aromatic carbocycles. The summed E-state index contributed by atoms with van der Waals surface area (Å²) in [5.41, 5.74) is 1.19. The van der Waals surface area contributed by atoms with Gasteiger partial charge in [0.1, 0.15) is 0 Å². The summed E-state index contributed by atoms with van der Waals surface area (Å²) < 4.78 is 0. The van der Waals surface area contributed by atoms with E-state index in [0.29, 0.717) is 0 Å². The van der Waals surface area contributed by atoms with Crippen molar-refractivity contribution in [2.75, 3.05) is 32.7 Å². The number of allylic oxidation sites excluding steroid dienone is 1. The van der Waals surface area contributed by atoms with Crippen LogP contribution in [-0.4, -0.2) is 42.5 Å². The third-order valence-electron chi connectivity index (χ3n) is 3.58. The number of hydrogen-bond acceptors (Lipinski definition) is 2. The molecule has 1 aliphatic heterocycles. The second kappa shape index (κ2) is 8.36. The highest BCUT2D eigenvalue weighted by Crippen LogP contribution is 2.19. The maximum atomic E-state index is 4.18. The van der Waals surface area contributed by atoms with Crippen molar-refractivity contribution in [2.24, 2.45) is 5.92 Å². The average molecular weight is 250 g/mol. The third kappa shape index (κ3) is 5.26. The predicted octanol–water partition coefficient (Wildman–Crippen LogP) is 3.52. The zero-order valence-corrected chi connectivity index (χ0v) is 12.5. The largest absolute Gasteiger partial charge is 0.372 e. The summed E-state index contributed by atoms with van der Waals surface area (Å²) >= 11 is 0. The molecule has 0 bridgehead atoms. The molecule has 0 radical (unpaired) electrons. The van der Waals surface area contributed by atoms with Crippen molar-refractivity contribution in [3.05, 3.63) is 24.4 Å². The first-order valence-corrected chi connectivity index (χ1v) is 7.50. The van der Waals surface area contributed by atoms with Crippen LogP contribution in [0.2, 0.25) is 0 Å². The number of hydrogen-bond donors (Lipinski definition) is 0. The van der Waals surface area contributed by atoms with E-state index in [0.717, 1.165) is 12.5 Å². The summed E-state index contributed by atoms with van der Waals surface area (Å²) in [4.78, 5) is 4.92. The molecule has 1 unspecified atom stereocenters. The Morgan fingerprint density at radius 3 is 2.50 bits per heavy atom. The molecule has 1 rings (SSSR count). The van der Waals surface area contributed by atoms with Crippen LogP contribution in [-0.2, 0) is 0 Å². The molecule has 0 aromatic heterocycles. The van der Waals surface area contributed by atoms with Gasteiger partial charge in [-0.05, 0) is 44.3 Å². The van der Waals surface area contributed by atoms with Crippen LogP contribution in [0.25, 0.3) is 0 Å². The molecular formula is C16H30N2. The molecule has 1 saturated heterocycles. The first-order valence-electron chi connectivity index (χ1n) is 7.50. The molecule has 0 saturated carbocycles. The second-order valence-corrected chi connectivity index (χ2v) is 5.53. The second-order valence-electron chi connectivity index (χ2n) is 5.53. The molecule has 0 aliphatic carbocycles. The van der Waals surface area contributed by atoms with Crippen molar-refractivity contribution >= 4 is 0 Å². The van der Waals surface area contributed by atoms with Gasteiger partial charge in [0, 0.05) is 25.3 Å². The quantitative estimate of drug-likeness (QED) is 0.608. The van der Waals surface area contributed by atoms with Crippen LogP contribution in [0.1, 0.15) is 40.0 Å². The average Bonchev–Trinajstić information content (AvgIpc) is 2.76. The van der Waals surface area contributed by atoms with Crippen LogP contribution in [0.3, 0.4) is 0 Å². The molecule has 2 heteroatoms. The summed E-state index contributed by atoms with van der Waals surface area (Å²) in [6.07, 6.45) is 8.26. The van der Waals surface area contributed by atoms with Crippen LogP contribution in [0.4, 0.5) is 0 Å². The van der Waals surface area contributed by atoms with E-state index in [4.69, 9.17) is 0 Å². The molecule has 0 amide bonds. The Balaban J connectivity index is 2.31. The Kier molecular flexibility index (Phi) is 7.11. The van der Waals surface area contributed by atoms with Crippen molar-refractivity contribution in [3.8, 4) is 0 Å². The molecule has 104 valence electrons. The first-order chi connectivity index (χ1) is 8.67. The van der Waals surface area contributed by atoms with E-state index in [1.54, 1.807) is 0 Å². The lowest BCUT2D eigenvalue weighted by atomic mass is 10.2. The van der Waals surface area contributed by atoms with Crippen molar-refractivity contribution in [3.63, 3.8) is 0 Å². The maximum absolute atomic E-state index is 4.18. The molecule has 1 fully saturated rings. The van der Waals surface area contributed by atoms with Gasteiger partial charge in [0.2, 0.25) is 0 Å². The van der Waals surface area contributed by atoms with Crippen LogP contribution >= 0.6 is 0 Å². The minimum Gasteiger partial charge on any atom is -0.372 e. The van der Waals surface area contributed by atoms with Gasteiger partial charge in [-0.3, -0.25) is 4.90 Å². The highest BCUT2D eigenvalue weighted by atomic mass is 15.2. The molecule has 1 heterocycles. The Morgan fingerprint density at radius 1 is 1.33 bits per heavy atom. The van der Waals surface area contributed by atoms with Gasteiger partial charge < -0.3 is 4.90 Å². The molecule has 18 heavy (non-hydrogen) atoms. The third-order valence-corrected chi connectivity index (χ3v) is 3.58. The van der Waals surface area contributed by atoms with E-state index in [9.17, 15) is 0 Å². The van der Waals surface area contributed by atoms with Gasteiger partial charge in [0.05, 0.1) is 0 Å². The maximum Gasteiger partial charge on any atom is 0.0290 e. The fourth-order valence-electron chi connectivity index (χ4n) is 2.57. The van der Waals surface area contributed by atoms with Gasteiger partial charge in [-0.15, -0.1) is 0 Å². The number of rotatable bonds is 8. The van der Waals surface area contributed by atoms with Crippen molar-refractivity contribution in [1.82, 2.24) is 9.80 Å². The van der Waals surface area contributed by atoms with E-state index < -0.39 is 0 Å². The summed E-state index contributed by atoms with van der Waals surface area (Å²) in [5.74, 6) is 0.826. The van der Waals surface area contributed by atoms with Crippen molar-refractivity contribution in [1.29, 1.82) is 0 Å². The zero-order valence-electron chi connectivity index (χ0n) is 12.5. The first kappa shape index (κ1) is 15.3. The van der Waals surface area contributed by atoms with E-state index in [-0.39, 0.29) is 0 Å². The SMILES string of the molecule is C=C(/C=C/CN(CCC)CCC)N1CCC(C)C1. The van der Waals surface area contributed by atoms with Crippen molar-refractivity contribution < 1.29 is 0 Å². The lowest BCUT2D eigenvalue weighted by molar-refractivity contribution is 0.303. The van der Waals surface area contributed by atoms with E-state index in [2.05, 4.69) is 49.3 Å². The summed E-state index contributed by atoms with van der Waals surface area (Å²) in [6, 6.07) is 0. The smallest absolute Gasteiger partial charge is 0.0290 e. The van der Waals surface area contributed by atoms with Gasteiger partial charge >= 0.3 is 0 Å². The molecular weight excluding hydrogens is 220 g/mol. The molecule has 1 atom stereocenters. The van der Waals surface area contributed by atoms with E-state index in [1.165, 1.54) is 51.1 Å². The topological polar surface area (TPSA) is 6.48 Å². The van der Waals surface area contributed by atoms with Crippen LogP contribution < -0.4 is 0 Å². The van der Waals surface area contributed by atoms with Crippen LogP contribution in [0.5, 0.6) is 0 Å². The van der Waals surface area contributed by atoms with Gasteiger partial charge in [0.25, 0.3) is 0 Å². The monoisotopic (exact) mass is 250 g/mol. The van der Waals surface area contributed by atoms with Crippen LogP contribution in [0, 0.1) is 5.92 Å². The Hall–Kier alpha value is -0.760. The summed E-state index contributed by atoms with van der Waals surface area (Å²) in [7, 11) is 0. The minimum absolute atomic E-state index is 0.826. The van der Waals surface area contributed by atoms with Crippen molar-refractivity contribution in [2.45, 2.75) is 40.0 Å². The van der Waals surface area contributed by atoms with E-state index in [1.807, 2.05) is 0 Å². The van der Waals surface area contributed by atoms with Gasteiger partial charge in [0.15, 0.2) is 0 Å². The normalized spacial score (nSPS) is 20.2. The fourth-order valence-corrected chi connectivity index (χ4v) is 2.57. The van der Waals surface area contributed by atoms with Gasteiger partial charge in [-0.2, -0.15) is 0 Å². The molecule has 2 nitrogen and oxygen atoms in total.